The summed E-state index contributed by atoms with van der Waals surface area (Å²) in [7, 11) is 1.59. The molecule has 0 heterocycles. The van der Waals surface area contributed by atoms with Crippen LogP contribution < -0.4 is 4.90 Å². The molecule has 121 valence electrons. The van der Waals surface area contributed by atoms with Crippen LogP contribution >= 0.6 is 0 Å². The summed E-state index contributed by atoms with van der Waals surface area (Å²) in [6.45, 7) is 1.00. The highest BCUT2D eigenvalue weighted by molar-refractivity contribution is 6.03. The molecule has 1 radical (unpaired) electrons. The molecule has 0 spiro atoms. The Morgan fingerprint density at radius 1 is 1.08 bits per heavy atom. The van der Waals surface area contributed by atoms with Crippen molar-refractivity contribution in [2.24, 2.45) is 0 Å². The Morgan fingerprint density at radius 2 is 1.71 bits per heavy atom. The van der Waals surface area contributed by atoms with E-state index < -0.39 is 11.5 Å². The van der Waals surface area contributed by atoms with Gasteiger partial charge in [0, 0.05) is 23.1 Å². The second-order valence-electron chi connectivity index (χ2n) is 5.27. The summed E-state index contributed by atoms with van der Waals surface area (Å²) in [6.07, 6.45) is 0. The topological polar surface area (TPSA) is 63.5 Å². The molecule has 2 rings (SSSR count). The molecular formula is C19H17N2O3. The van der Waals surface area contributed by atoms with Gasteiger partial charge < -0.3 is 4.90 Å². The van der Waals surface area contributed by atoms with Gasteiger partial charge >= 0.3 is 0 Å². The Hall–Kier alpha value is -3.13. The first-order valence-corrected chi connectivity index (χ1v) is 7.37. The molecule has 0 fully saturated rings. The Labute approximate surface area is 141 Å². The van der Waals surface area contributed by atoms with E-state index in [9.17, 15) is 14.9 Å². The largest absolute Gasteiger partial charge is 0.314 e. The molecule has 0 atom stereocenters. The molecule has 5 heteroatoms. The minimum absolute atomic E-state index is 0.174. The maximum absolute atomic E-state index is 12.3. The van der Waals surface area contributed by atoms with E-state index in [4.69, 9.17) is 0 Å². The van der Waals surface area contributed by atoms with E-state index in [0.29, 0.717) is 11.3 Å². The van der Waals surface area contributed by atoms with Crippen molar-refractivity contribution in [2.45, 2.75) is 6.92 Å². The molecule has 0 saturated carbocycles. The van der Waals surface area contributed by atoms with Crippen LogP contribution in [-0.4, -0.2) is 24.4 Å². The second-order valence-corrected chi connectivity index (χ2v) is 5.27. The highest BCUT2D eigenvalue weighted by Gasteiger charge is 2.25. The normalized spacial score (nSPS) is 9.96. The molecule has 0 N–H and O–H groups in total. The minimum atomic E-state index is -0.512. The van der Waals surface area contributed by atoms with Crippen LogP contribution in [-0.2, 0) is 4.79 Å². The van der Waals surface area contributed by atoms with Crippen molar-refractivity contribution in [3.8, 4) is 11.8 Å². The van der Waals surface area contributed by atoms with Gasteiger partial charge in [-0.1, -0.05) is 42.2 Å². The third-order valence-corrected chi connectivity index (χ3v) is 3.42. The smallest absolute Gasteiger partial charge is 0.240 e. The molecule has 0 saturated heterocycles. The van der Waals surface area contributed by atoms with Gasteiger partial charge in [-0.15, -0.1) is 0 Å². The Kier molecular flexibility index (Phi) is 5.69. The second kappa shape index (κ2) is 7.93. The average Bonchev–Trinajstić information content (AvgIpc) is 2.59. The van der Waals surface area contributed by atoms with Crippen molar-refractivity contribution in [3.63, 3.8) is 0 Å². The lowest BCUT2D eigenvalue weighted by molar-refractivity contribution is -0.474. The summed E-state index contributed by atoms with van der Waals surface area (Å²) in [5.41, 5.74) is 2.18. The van der Waals surface area contributed by atoms with Crippen LogP contribution in [0.15, 0.2) is 54.6 Å². The molecule has 2 aromatic carbocycles. The summed E-state index contributed by atoms with van der Waals surface area (Å²) in [6, 6.07) is 16.8. The van der Waals surface area contributed by atoms with E-state index in [2.05, 4.69) is 11.8 Å². The molecule has 24 heavy (non-hydrogen) atoms. The predicted molar refractivity (Wildman–Crippen MR) is 93.1 cm³/mol. The number of hydrogen-bond acceptors (Lipinski definition) is 3. The monoisotopic (exact) mass is 321 g/mol. The zero-order valence-electron chi connectivity index (χ0n) is 13.5. The first-order valence-electron chi connectivity index (χ1n) is 7.37. The van der Waals surface area contributed by atoms with E-state index in [1.54, 1.807) is 19.2 Å². The lowest BCUT2D eigenvalue weighted by atomic mass is 10.1. The standard InChI is InChI=1S/C19H17N2O3/c1-15(14-21(23)24)19(22)20(2)18-11-7-6-10-17(18)13-12-16-8-4-3-5-9-16/h3-11H,14H2,1-2H3. The zero-order valence-corrected chi connectivity index (χ0v) is 13.5. The number of carbonyl (C=O) groups excluding carboxylic acids is 1. The number of anilines is 1. The molecule has 0 aliphatic rings. The molecule has 0 bridgehead atoms. The number of hydrogen-bond donors (Lipinski definition) is 0. The number of benzene rings is 2. The Balaban J connectivity index is 2.27. The average molecular weight is 321 g/mol. The number of nitro groups is 1. The van der Waals surface area contributed by atoms with Crippen LogP contribution in [0.25, 0.3) is 0 Å². The third kappa shape index (κ3) is 4.43. The van der Waals surface area contributed by atoms with Crippen LogP contribution in [0.3, 0.4) is 0 Å². The van der Waals surface area contributed by atoms with Gasteiger partial charge in [0.1, 0.15) is 5.92 Å². The number of rotatable bonds is 4. The van der Waals surface area contributed by atoms with Crippen LogP contribution in [0.1, 0.15) is 18.1 Å². The number of nitrogens with zero attached hydrogens (tertiary/aromatic N) is 2. The summed E-state index contributed by atoms with van der Waals surface area (Å²) >= 11 is 0. The van der Waals surface area contributed by atoms with Gasteiger partial charge in [0.25, 0.3) is 0 Å². The van der Waals surface area contributed by atoms with Gasteiger partial charge in [0.05, 0.1) is 5.69 Å². The highest BCUT2D eigenvalue weighted by Crippen LogP contribution is 2.20. The first kappa shape index (κ1) is 17.2. The summed E-state index contributed by atoms with van der Waals surface area (Å²) < 4.78 is 0. The van der Waals surface area contributed by atoms with Crippen LogP contribution in [0.4, 0.5) is 5.69 Å². The van der Waals surface area contributed by atoms with E-state index in [0.717, 1.165) is 5.56 Å². The van der Waals surface area contributed by atoms with Gasteiger partial charge in [-0.05, 0) is 31.2 Å². The third-order valence-electron chi connectivity index (χ3n) is 3.42. The molecule has 0 aliphatic carbocycles. The van der Waals surface area contributed by atoms with E-state index in [1.165, 1.54) is 11.8 Å². The number of amides is 1. The van der Waals surface area contributed by atoms with E-state index in [1.807, 2.05) is 42.5 Å². The molecule has 0 aliphatic heterocycles. The van der Waals surface area contributed by atoms with Crippen LogP contribution in [0.5, 0.6) is 0 Å². The van der Waals surface area contributed by atoms with Gasteiger partial charge in [0.2, 0.25) is 12.5 Å². The van der Waals surface area contributed by atoms with Crippen molar-refractivity contribution >= 4 is 11.6 Å². The fraction of sp³-hybridized carbons (Fsp3) is 0.158. The van der Waals surface area contributed by atoms with Crippen molar-refractivity contribution < 1.29 is 9.72 Å². The van der Waals surface area contributed by atoms with Crippen molar-refractivity contribution in [2.75, 3.05) is 18.5 Å². The van der Waals surface area contributed by atoms with Crippen LogP contribution in [0.2, 0.25) is 0 Å². The zero-order chi connectivity index (χ0) is 17.5. The van der Waals surface area contributed by atoms with Gasteiger partial charge in [-0.3, -0.25) is 14.9 Å². The van der Waals surface area contributed by atoms with E-state index in [-0.39, 0.29) is 11.8 Å². The maximum Gasteiger partial charge on any atom is 0.240 e. The molecule has 0 unspecified atom stereocenters. The molecule has 2 aromatic rings. The molecule has 1 amide bonds. The summed E-state index contributed by atoms with van der Waals surface area (Å²) in [4.78, 5) is 23.8. The fourth-order valence-electron chi connectivity index (χ4n) is 2.19. The fourth-order valence-corrected chi connectivity index (χ4v) is 2.19. The minimum Gasteiger partial charge on any atom is -0.314 e. The highest BCUT2D eigenvalue weighted by atomic mass is 16.6. The van der Waals surface area contributed by atoms with Gasteiger partial charge in [0.15, 0.2) is 0 Å². The summed E-state index contributed by atoms with van der Waals surface area (Å²) in [5.74, 6) is 5.90. The Morgan fingerprint density at radius 3 is 2.38 bits per heavy atom. The molecular weight excluding hydrogens is 304 g/mol. The molecule has 5 nitrogen and oxygen atoms in total. The van der Waals surface area contributed by atoms with Crippen molar-refractivity contribution in [3.05, 3.63) is 81.8 Å². The lowest BCUT2D eigenvalue weighted by Crippen LogP contribution is -2.34. The maximum atomic E-state index is 12.3. The molecule has 0 aromatic heterocycles. The van der Waals surface area contributed by atoms with Crippen molar-refractivity contribution in [1.29, 1.82) is 0 Å². The number of para-hydroxylation sites is 1. The predicted octanol–water partition coefficient (Wildman–Crippen LogP) is 2.92. The van der Waals surface area contributed by atoms with Gasteiger partial charge in [-0.2, -0.15) is 0 Å². The van der Waals surface area contributed by atoms with Crippen LogP contribution in [0, 0.1) is 27.9 Å². The van der Waals surface area contributed by atoms with Gasteiger partial charge in [-0.25, -0.2) is 0 Å². The summed E-state index contributed by atoms with van der Waals surface area (Å²) in [5, 5.41) is 10.6. The van der Waals surface area contributed by atoms with E-state index >= 15 is 0 Å². The SMILES string of the molecule is C[C](C[N+](=O)[O-])C(=O)N(C)c1ccccc1C#Cc1ccccc1. The quantitative estimate of drug-likeness (QED) is 0.494. The first-order chi connectivity index (χ1) is 11.5. The number of carbonyl (C=O) groups is 1. The van der Waals surface area contributed by atoms with Crippen molar-refractivity contribution in [1.82, 2.24) is 0 Å². The lowest BCUT2D eigenvalue weighted by Gasteiger charge is -2.20. The Bertz CT molecular complexity index is 791.